The zero-order valence-electron chi connectivity index (χ0n) is 9.44. The molecule has 3 heteroatoms. The van der Waals surface area contributed by atoms with Gasteiger partial charge >= 0.3 is 0 Å². The molecule has 0 radical (unpaired) electrons. The van der Waals surface area contributed by atoms with Crippen LogP contribution in [-0.4, -0.2) is 18.5 Å². The summed E-state index contributed by atoms with van der Waals surface area (Å²) in [5.74, 6) is 0.808. The second-order valence-electron chi connectivity index (χ2n) is 4.85. The van der Waals surface area contributed by atoms with E-state index < -0.39 is 0 Å². The monoisotopic (exact) mass is 216 g/mol. The van der Waals surface area contributed by atoms with Crippen LogP contribution in [0.25, 0.3) is 0 Å². The van der Waals surface area contributed by atoms with E-state index in [1.54, 1.807) is 0 Å². The minimum absolute atomic E-state index is 0.0404. The molecule has 2 atom stereocenters. The van der Waals surface area contributed by atoms with Crippen molar-refractivity contribution >= 4 is 17.3 Å². The molecule has 2 heterocycles. The molecule has 0 spiro atoms. The molecule has 16 heavy (non-hydrogen) atoms. The van der Waals surface area contributed by atoms with Gasteiger partial charge < -0.3 is 10.2 Å². The van der Waals surface area contributed by atoms with Crippen LogP contribution in [0, 0.1) is 5.92 Å². The number of nitrogens with zero attached hydrogens (tertiary/aromatic N) is 1. The van der Waals surface area contributed by atoms with Gasteiger partial charge in [0.1, 0.15) is 6.04 Å². The van der Waals surface area contributed by atoms with Gasteiger partial charge in [0, 0.05) is 6.54 Å². The van der Waals surface area contributed by atoms with Gasteiger partial charge in [-0.05, 0) is 30.9 Å². The average Bonchev–Trinajstić information content (AvgIpc) is 2.29. The lowest BCUT2D eigenvalue weighted by atomic mass is 9.90. The van der Waals surface area contributed by atoms with Crippen LogP contribution in [0.3, 0.4) is 0 Å². The standard InChI is InChI=1S/C13H16N2O/c1-9-6-7-15-11-5-3-2-4-10(11)14-13(16)12(15)8-9/h2-5,9,12H,6-8H2,1H3,(H,14,16). The van der Waals surface area contributed by atoms with Crippen molar-refractivity contribution in [1.82, 2.24) is 0 Å². The van der Waals surface area contributed by atoms with E-state index in [0.717, 1.165) is 18.7 Å². The number of benzene rings is 1. The third kappa shape index (κ3) is 1.39. The zero-order chi connectivity index (χ0) is 11.1. The van der Waals surface area contributed by atoms with E-state index in [9.17, 15) is 4.79 Å². The maximum atomic E-state index is 12.0. The Bertz CT molecular complexity index is 430. The van der Waals surface area contributed by atoms with E-state index in [0.29, 0.717) is 5.92 Å². The Kier molecular flexibility index (Phi) is 2.13. The fourth-order valence-electron chi connectivity index (χ4n) is 2.72. The number of hydrogen-bond acceptors (Lipinski definition) is 2. The third-order valence-corrected chi connectivity index (χ3v) is 3.64. The number of para-hydroxylation sites is 2. The Hall–Kier alpha value is -1.51. The van der Waals surface area contributed by atoms with Crippen molar-refractivity contribution in [2.75, 3.05) is 16.8 Å². The first-order valence-corrected chi connectivity index (χ1v) is 5.92. The predicted octanol–water partition coefficient (Wildman–Crippen LogP) is 2.24. The number of rotatable bonds is 0. The molecule has 1 aromatic rings. The first-order chi connectivity index (χ1) is 7.75. The van der Waals surface area contributed by atoms with E-state index in [2.05, 4.69) is 23.2 Å². The molecule has 1 N–H and O–H groups in total. The second kappa shape index (κ2) is 3.51. The fourth-order valence-corrected chi connectivity index (χ4v) is 2.72. The molecular weight excluding hydrogens is 200 g/mol. The van der Waals surface area contributed by atoms with Crippen LogP contribution in [-0.2, 0) is 4.79 Å². The zero-order valence-corrected chi connectivity index (χ0v) is 9.44. The Morgan fingerprint density at radius 3 is 3.06 bits per heavy atom. The lowest BCUT2D eigenvalue weighted by Gasteiger charge is -2.43. The van der Waals surface area contributed by atoms with E-state index in [4.69, 9.17) is 0 Å². The van der Waals surface area contributed by atoms with E-state index >= 15 is 0 Å². The number of piperidine rings is 1. The van der Waals surface area contributed by atoms with Gasteiger partial charge in [-0.1, -0.05) is 19.1 Å². The van der Waals surface area contributed by atoms with Gasteiger partial charge in [0.25, 0.3) is 0 Å². The molecule has 1 fully saturated rings. The van der Waals surface area contributed by atoms with Gasteiger partial charge in [0.05, 0.1) is 11.4 Å². The highest BCUT2D eigenvalue weighted by molar-refractivity contribution is 6.03. The smallest absolute Gasteiger partial charge is 0.247 e. The summed E-state index contributed by atoms with van der Waals surface area (Å²) in [7, 11) is 0. The Morgan fingerprint density at radius 2 is 2.19 bits per heavy atom. The largest absolute Gasteiger partial charge is 0.358 e. The van der Waals surface area contributed by atoms with Gasteiger partial charge in [0.2, 0.25) is 5.91 Å². The number of amides is 1. The first-order valence-electron chi connectivity index (χ1n) is 5.92. The van der Waals surface area contributed by atoms with Crippen LogP contribution in [0.5, 0.6) is 0 Å². The van der Waals surface area contributed by atoms with Gasteiger partial charge in [-0.25, -0.2) is 0 Å². The van der Waals surface area contributed by atoms with Gasteiger partial charge in [-0.3, -0.25) is 4.79 Å². The Labute approximate surface area is 95.4 Å². The predicted molar refractivity (Wildman–Crippen MR) is 64.6 cm³/mol. The molecule has 2 aliphatic heterocycles. The van der Waals surface area contributed by atoms with Crippen molar-refractivity contribution in [2.45, 2.75) is 25.8 Å². The fraction of sp³-hybridized carbons (Fsp3) is 0.462. The van der Waals surface area contributed by atoms with Crippen LogP contribution < -0.4 is 10.2 Å². The number of carbonyl (C=O) groups excluding carboxylic acids is 1. The Morgan fingerprint density at radius 1 is 1.38 bits per heavy atom. The van der Waals surface area contributed by atoms with Crippen LogP contribution in [0.15, 0.2) is 24.3 Å². The summed E-state index contributed by atoms with van der Waals surface area (Å²) < 4.78 is 0. The lowest BCUT2D eigenvalue weighted by Crippen LogP contribution is -2.52. The van der Waals surface area contributed by atoms with Crippen LogP contribution in [0.4, 0.5) is 11.4 Å². The molecule has 2 aliphatic rings. The van der Waals surface area contributed by atoms with Crippen LogP contribution in [0.1, 0.15) is 19.8 Å². The first kappa shape index (κ1) is 9.70. The van der Waals surface area contributed by atoms with Gasteiger partial charge in [-0.2, -0.15) is 0 Å². The molecule has 84 valence electrons. The second-order valence-corrected chi connectivity index (χ2v) is 4.85. The SMILES string of the molecule is CC1CCN2c3ccccc3NC(=O)C2C1. The number of nitrogens with one attached hydrogen (secondary N) is 1. The normalized spacial score (nSPS) is 28.1. The minimum atomic E-state index is 0.0404. The molecule has 1 amide bonds. The molecule has 3 rings (SSSR count). The van der Waals surface area contributed by atoms with Crippen LogP contribution in [0.2, 0.25) is 0 Å². The molecule has 3 nitrogen and oxygen atoms in total. The van der Waals surface area contributed by atoms with Gasteiger partial charge in [0.15, 0.2) is 0 Å². The molecule has 0 saturated carbocycles. The molecular formula is C13H16N2O. The summed E-state index contributed by atoms with van der Waals surface area (Å²) in [5, 5.41) is 3.00. The molecule has 0 aromatic heterocycles. The number of hydrogen-bond donors (Lipinski definition) is 1. The summed E-state index contributed by atoms with van der Waals surface area (Å²) in [5.41, 5.74) is 2.14. The molecule has 1 aromatic carbocycles. The maximum absolute atomic E-state index is 12.0. The summed E-state index contributed by atoms with van der Waals surface area (Å²) >= 11 is 0. The topological polar surface area (TPSA) is 32.3 Å². The van der Waals surface area contributed by atoms with E-state index in [-0.39, 0.29) is 11.9 Å². The maximum Gasteiger partial charge on any atom is 0.247 e. The summed E-state index contributed by atoms with van der Waals surface area (Å²) in [4.78, 5) is 14.2. The summed E-state index contributed by atoms with van der Waals surface area (Å²) in [6.07, 6.45) is 2.15. The lowest BCUT2D eigenvalue weighted by molar-refractivity contribution is -0.118. The molecule has 2 unspecified atom stereocenters. The van der Waals surface area contributed by atoms with Gasteiger partial charge in [-0.15, -0.1) is 0 Å². The molecule has 1 saturated heterocycles. The highest BCUT2D eigenvalue weighted by Crippen LogP contribution is 2.36. The molecule has 0 aliphatic carbocycles. The van der Waals surface area contributed by atoms with E-state index in [1.807, 2.05) is 18.2 Å². The van der Waals surface area contributed by atoms with Crippen molar-refractivity contribution in [2.24, 2.45) is 5.92 Å². The quantitative estimate of drug-likeness (QED) is 0.721. The van der Waals surface area contributed by atoms with Crippen molar-refractivity contribution in [3.8, 4) is 0 Å². The van der Waals surface area contributed by atoms with Crippen LogP contribution >= 0.6 is 0 Å². The third-order valence-electron chi connectivity index (χ3n) is 3.64. The number of fused-ring (bicyclic) bond motifs is 3. The number of carbonyl (C=O) groups is 1. The van der Waals surface area contributed by atoms with Crippen molar-refractivity contribution in [3.05, 3.63) is 24.3 Å². The summed E-state index contributed by atoms with van der Waals surface area (Å²) in [6, 6.07) is 8.11. The van der Waals surface area contributed by atoms with Crippen molar-refractivity contribution < 1.29 is 4.79 Å². The van der Waals surface area contributed by atoms with Crippen molar-refractivity contribution in [3.63, 3.8) is 0 Å². The molecule has 0 bridgehead atoms. The minimum Gasteiger partial charge on any atom is -0.358 e. The van der Waals surface area contributed by atoms with Crippen molar-refractivity contribution in [1.29, 1.82) is 0 Å². The number of anilines is 2. The highest BCUT2D eigenvalue weighted by atomic mass is 16.2. The highest BCUT2D eigenvalue weighted by Gasteiger charge is 2.36. The Balaban J connectivity index is 2.01. The van der Waals surface area contributed by atoms with E-state index in [1.165, 1.54) is 12.1 Å². The average molecular weight is 216 g/mol. The summed E-state index contributed by atoms with van der Waals surface area (Å²) in [6.45, 7) is 3.22.